The van der Waals surface area contributed by atoms with Crippen molar-refractivity contribution in [3.63, 3.8) is 0 Å². The molecule has 3 rings (SSSR count). The highest BCUT2D eigenvalue weighted by Crippen LogP contribution is 2.42. The summed E-state index contributed by atoms with van der Waals surface area (Å²) in [7, 11) is 0. The van der Waals surface area contributed by atoms with Gasteiger partial charge in [-0.3, -0.25) is 14.4 Å². The van der Waals surface area contributed by atoms with Crippen LogP contribution in [0.3, 0.4) is 0 Å². The van der Waals surface area contributed by atoms with Crippen LogP contribution < -0.4 is 10.6 Å². The van der Waals surface area contributed by atoms with Gasteiger partial charge in [-0.2, -0.15) is 0 Å². The number of hydrogen-bond donors (Lipinski definition) is 2. The average Bonchev–Trinajstić information content (AvgIpc) is 2.76. The van der Waals surface area contributed by atoms with Crippen LogP contribution >= 0.6 is 11.6 Å². The summed E-state index contributed by atoms with van der Waals surface area (Å²) in [6.07, 6.45) is 0.833. The van der Waals surface area contributed by atoms with Crippen molar-refractivity contribution in [3.8, 4) is 0 Å². The third kappa shape index (κ3) is 6.14. The lowest BCUT2D eigenvalue weighted by molar-refractivity contribution is -0.138. The van der Waals surface area contributed by atoms with E-state index in [-0.39, 0.29) is 28.8 Å². The first-order valence-electron chi connectivity index (χ1n) is 11.6. The van der Waals surface area contributed by atoms with Crippen LogP contribution in [0.15, 0.2) is 42.5 Å². The third-order valence-electron chi connectivity index (χ3n) is 6.32. The van der Waals surface area contributed by atoms with Gasteiger partial charge in [-0.25, -0.2) is 4.98 Å². The van der Waals surface area contributed by atoms with Crippen molar-refractivity contribution in [3.05, 3.63) is 58.7 Å². The number of amides is 3. The Morgan fingerprint density at radius 3 is 2.38 bits per heavy atom. The van der Waals surface area contributed by atoms with E-state index in [9.17, 15) is 14.4 Å². The number of pyridine rings is 1. The number of piperidine rings is 1. The average molecular weight is 485 g/mol. The number of likely N-dealkylation sites (tertiary alicyclic amines) is 1. The molecule has 1 aliphatic rings. The molecule has 1 aromatic heterocycles. The van der Waals surface area contributed by atoms with Gasteiger partial charge in [0.2, 0.25) is 11.8 Å². The normalized spacial score (nSPS) is 18.3. The zero-order chi connectivity index (χ0) is 25.0. The predicted octanol–water partition coefficient (Wildman–Crippen LogP) is 4.49. The minimum absolute atomic E-state index is 0.0935. The zero-order valence-corrected chi connectivity index (χ0v) is 21.1. The molecular formula is C26H33ClN4O3. The Morgan fingerprint density at radius 1 is 1.12 bits per heavy atom. The van der Waals surface area contributed by atoms with Gasteiger partial charge in [0.15, 0.2) is 0 Å². The van der Waals surface area contributed by atoms with Crippen molar-refractivity contribution in [1.29, 1.82) is 0 Å². The molecule has 2 heterocycles. The van der Waals surface area contributed by atoms with E-state index >= 15 is 0 Å². The Morgan fingerprint density at radius 2 is 1.79 bits per heavy atom. The third-order valence-corrected chi connectivity index (χ3v) is 6.57. The second-order valence-corrected chi connectivity index (χ2v) is 10.4. The van der Waals surface area contributed by atoms with Crippen LogP contribution in [-0.4, -0.2) is 46.7 Å². The van der Waals surface area contributed by atoms with E-state index in [4.69, 9.17) is 11.6 Å². The maximum atomic E-state index is 13.5. The number of nitrogens with zero attached hydrogens (tertiary/aromatic N) is 2. The molecule has 1 fully saturated rings. The van der Waals surface area contributed by atoms with E-state index in [1.54, 1.807) is 18.2 Å². The van der Waals surface area contributed by atoms with E-state index in [1.165, 1.54) is 12.5 Å². The van der Waals surface area contributed by atoms with Gasteiger partial charge in [-0.15, -0.1) is 0 Å². The molecule has 0 bridgehead atoms. The molecule has 7 nitrogen and oxygen atoms in total. The Hall–Kier alpha value is -2.93. The van der Waals surface area contributed by atoms with E-state index in [0.717, 1.165) is 6.42 Å². The fraction of sp³-hybridized carbons (Fsp3) is 0.462. The maximum Gasteiger partial charge on any atom is 0.270 e. The molecule has 182 valence electrons. The van der Waals surface area contributed by atoms with Crippen molar-refractivity contribution < 1.29 is 14.4 Å². The molecular weight excluding hydrogens is 452 g/mol. The van der Waals surface area contributed by atoms with Crippen LogP contribution in [0, 0.1) is 11.3 Å². The number of carbonyl (C=O) groups excluding carboxylic acids is 3. The molecule has 2 aromatic rings. The summed E-state index contributed by atoms with van der Waals surface area (Å²) in [4.78, 5) is 43.8. The topological polar surface area (TPSA) is 91.4 Å². The second kappa shape index (κ2) is 10.6. The van der Waals surface area contributed by atoms with Gasteiger partial charge in [-0.1, -0.05) is 57.5 Å². The summed E-state index contributed by atoms with van der Waals surface area (Å²) in [6.45, 7) is 10.8. The van der Waals surface area contributed by atoms with Crippen molar-refractivity contribution in [2.45, 2.75) is 53.0 Å². The molecule has 2 atom stereocenters. The molecule has 1 saturated heterocycles. The first-order chi connectivity index (χ1) is 16.0. The Kier molecular flexibility index (Phi) is 7.97. The van der Waals surface area contributed by atoms with E-state index in [2.05, 4.69) is 41.6 Å². The second-order valence-electron chi connectivity index (χ2n) is 9.93. The fourth-order valence-electron chi connectivity index (χ4n) is 4.59. The van der Waals surface area contributed by atoms with Crippen LogP contribution in [-0.2, 0) is 9.59 Å². The Labute approximate surface area is 206 Å². The Balaban J connectivity index is 1.72. The number of nitrogens with one attached hydrogen (secondary N) is 2. The molecule has 34 heavy (non-hydrogen) atoms. The first kappa shape index (κ1) is 25.7. The largest absolute Gasteiger partial charge is 0.340 e. The fourth-order valence-corrected chi connectivity index (χ4v) is 4.72. The van der Waals surface area contributed by atoms with Gasteiger partial charge in [0.05, 0.1) is 0 Å². The summed E-state index contributed by atoms with van der Waals surface area (Å²) in [6, 6.07) is 12.1. The summed E-state index contributed by atoms with van der Waals surface area (Å²) >= 11 is 6.06. The number of carbonyl (C=O) groups is 3. The number of rotatable bonds is 6. The summed E-state index contributed by atoms with van der Waals surface area (Å²) in [5.41, 5.74) is 1.23. The van der Waals surface area contributed by atoms with Crippen LogP contribution in [0.5, 0.6) is 0 Å². The number of hydrogen-bond acceptors (Lipinski definition) is 4. The number of anilines is 1. The maximum absolute atomic E-state index is 13.5. The highest BCUT2D eigenvalue weighted by atomic mass is 35.5. The van der Waals surface area contributed by atoms with Crippen LogP contribution in [0.1, 0.15) is 63.0 Å². The summed E-state index contributed by atoms with van der Waals surface area (Å²) < 4.78 is 0. The molecule has 0 radical (unpaired) electrons. The van der Waals surface area contributed by atoms with E-state index in [1.807, 2.05) is 30.9 Å². The summed E-state index contributed by atoms with van der Waals surface area (Å²) in [5.74, 6) is -0.323. The van der Waals surface area contributed by atoms with Crippen molar-refractivity contribution >= 4 is 35.1 Å². The van der Waals surface area contributed by atoms with Gasteiger partial charge in [0.25, 0.3) is 5.91 Å². The Bertz CT molecular complexity index is 1050. The molecule has 3 amide bonds. The molecule has 2 N–H and O–H groups in total. The standard InChI is InChI=1S/C26H33ClN4O3/c1-16(2)23(30-24(33)21-7-6-8-22(29-21)28-17(3)32)25(34)31-14-13-20(26(4,5)15-31)18-9-11-19(27)12-10-18/h6-12,16,20,23H,13-15H2,1-5H3,(H,30,33)(H,28,29,32). The molecule has 0 spiro atoms. The number of benzene rings is 1. The van der Waals surface area contributed by atoms with Crippen LogP contribution in [0.25, 0.3) is 0 Å². The molecule has 0 aliphatic carbocycles. The molecule has 0 saturated carbocycles. The monoisotopic (exact) mass is 484 g/mol. The molecule has 2 unspecified atom stereocenters. The minimum Gasteiger partial charge on any atom is -0.340 e. The number of aromatic nitrogens is 1. The predicted molar refractivity (Wildman–Crippen MR) is 134 cm³/mol. The van der Waals surface area contributed by atoms with Crippen molar-refractivity contribution in [1.82, 2.24) is 15.2 Å². The molecule has 8 heteroatoms. The minimum atomic E-state index is -0.679. The first-order valence-corrected chi connectivity index (χ1v) is 12.0. The zero-order valence-electron chi connectivity index (χ0n) is 20.4. The van der Waals surface area contributed by atoms with Crippen LogP contribution in [0.4, 0.5) is 5.82 Å². The van der Waals surface area contributed by atoms with E-state index in [0.29, 0.717) is 29.8 Å². The lowest BCUT2D eigenvalue weighted by Gasteiger charge is -2.45. The highest BCUT2D eigenvalue weighted by molar-refractivity contribution is 6.30. The van der Waals surface area contributed by atoms with Gasteiger partial charge >= 0.3 is 0 Å². The SMILES string of the molecule is CC(=O)Nc1cccc(C(=O)NC(C(=O)N2CCC(c3ccc(Cl)cc3)C(C)(C)C2)C(C)C)n1. The summed E-state index contributed by atoms with van der Waals surface area (Å²) in [5, 5.41) is 6.14. The van der Waals surface area contributed by atoms with Gasteiger partial charge in [0.1, 0.15) is 17.6 Å². The lowest BCUT2D eigenvalue weighted by atomic mass is 9.70. The van der Waals surface area contributed by atoms with Gasteiger partial charge in [-0.05, 0) is 53.5 Å². The van der Waals surface area contributed by atoms with Crippen molar-refractivity contribution in [2.24, 2.45) is 11.3 Å². The highest BCUT2D eigenvalue weighted by Gasteiger charge is 2.40. The van der Waals surface area contributed by atoms with Gasteiger partial charge < -0.3 is 15.5 Å². The van der Waals surface area contributed by atoms with E-state index < -0.39 is 11.9 Å². The van der Waals surface area contributed by atoms with Crippen molar-refractivity contribution in [2.75, 3.05) is 18.4 Å². The smallest absolute Gasteiger partial charge is 0.270 e. The quantitative estimate of drug-likeness (QED) is 0.632. The molecule has 1 aliphatic heterocycles. The van der Waals surface area contributed by atoms with Crippen LogP contribution in [0.2, 0.25) is 5.02 Å². The molecule has 1 aromatic carbocycles. The van der Waals surface area contributed by atoms with Gasteiger partial charge in [0, 0.05) is 25.0 Å². The number of halogens is 1. The lowest BCUT2D eigenvalue weighted by Crippen LogP contribution is -2.56.